The molecule has 2 aromatic rings. The standard InChI is InChI=1S/C20H27N3O2/c1-5-19(16-8-12-18(25-4)13-9-16)22-20(24)21-14-15-6-10-17(11-7-15)23(2)3/h6-13,19H,5,14H2,1-4H3,(H2,21,22,24). The van der Waals surface area contributed by atoms with Gasteiger partial charge in [0.15, 0.2) is 0 Å². The minimum atomic E-state index is -0.167. The second-order valence-electron chi connectivity index (χ2n) is 6.12. The molecule has 0 fully saturated rings. The zero-order chi connectivity index (χ0) is 18.2. The minimum Gasteiger partial charge on any atom is -0.497 e. The first-order valence-electron chi connectivity index (χ1n) is 8.48. The zero-order valence-electron chi connectivity index (χ0n) is 15.4. The molecule has 0 bridgehead atoms. The van der Waals surface area contributed by atoms with Gasteiger partial charge in [0.2, 0.25) is 0 Å². The molecule has 5 heteroatoms. The molecule has 25 heavy (non-hydrogen) atoms. The highest BCUT2D eigenvalue weighted by Crippen LogP contribution is 2.20. The summed E-state index contributed by atoms with van der Waals surface area (Å²) in [6.45, 7) is 2.55. The maximum absolute atomic E-state index is 12.2. The van der Waals surface area contributed by atoms with Gasteiger partial charge in [0.25, 0.3) is 0 Å². The molecular formula is C20H27N3O2. The SMILES string of the molecule is CCC(NC(=O)NCc1ccc(N(C)C)cc1)c1ccc(OC)cc1. The van der Waals surface area contributed by atoms with Crippen LogP contribution in [0.1, 0.15) is 30.5 Å². The summed E-state index contributed by atoms with van der Waals surface area (Å²) in [4.78, 5) is 14.2. The number of carbonyl (C=O) groups is 1. The number of nitrogens with one attached hydrogen (secondary N) is 2. The summed E-state index contributed by atoms with van der Waals surface area (Å²) in [6.07, 6.45) is 0.817. The van der Waals surface area contributed by atoms with Crippen molar-refractivity contribution >= 4 is 11.7 Å². The van der Waals surface area contributed by atoms with Crippen LogP contribution in [0, 0.1) is 0 Å². The summed E-state index contributed by atoms with van der Waals surface area (Å²) in [5, 5.41) is 5.94. The third-order valence-corrected chi connectivity index (χ3v) is 4.14. The van der Waals surface area contributed by atoms with E-state index in [-0.39, 0.29) is 12.1 Å². The molecule has 0 saturated carbocycles. The van der Waals surface area contributed by atoms with Crippen molar-refractivity contribution in [2.45, 2.75) is 25.9 Å². The van der Waals surface area contributed by atoms with Crippen molar-refractivity contribution in [1.29, 1.82) is 0 Å². The van der Waals surface area contributed by atoms with E-state index < -0.39 is 0 Å². The van der Waals surface area contributed by atoms with Crippen LogP contribution in [0.15, 0.2) is 48.5 Å². The molecule has 2 rings (SSSR count). The van der Waals surface area contributed by atoms with Crippen molar-refractivity contribution in [3.8, 4) is 5.75 Å². The molecule has 2 amide bonds. The molecule has 134 valence electrons. The number of anilines is 1. The molecule has 0 aliphatic carbocycles. The molecule has 0 saturated heterocycles. The monoisotopic (exact) mass is 341 g/mol. The summed E-state index contributed by atoms with van der Waals surface area (Å²) in [6, 6.07) is 15.7. The van der Waals surface area contributed by atoms with Gasteiger partial charge in [0, 0.05) is 26.3 Å². The smallest absolute Gasteiger partial charge is 0.315 e. The molecular weight excluding hydrogens is 314 g/mol. The number of carbonyl (C=O) groups excluding carboxylic acids is 1. The molecule has 0 spiro atoms. The lowest BCUT2D eigenvalue weighted by molar-refractivity contribution is 0.236. The van der Waals surface area contributed by atoms with E-state index in [9.17, 15) is 4.79 Å². The molecule has 0 radical (unpaired) electrons. The van der Waals surface area contributed by atoms with Gasteiger partial charge in [-0.2, -0.15) is 0 Å². The summed E-state index contributed by atoms with van der Waals surface area (Å²) in [5.74, 6) is 0.809. The Morgan fingerprint density at radius 1 is 1.08 bits per heavy atom. The van der Waals surface area contributed by atoms with Gasteiger partial charge in [-0.05, 0) is 41.8 Å². The van der Waals surface area contributed by atoms with E-state index in [1.807, 2.05) is 67.5 Å². The van der Waals surface area contributed by atoms with Crippen LogP contribution in [0.3, 0.4) is 0 Å². The Bertz CT molecular complexity index is 666. The highest BCUT2D eigenvalue weighted by Gasteiger charge is 2.12. The van der Waals surface area contributed by atoms with Crippen LogP contribution in [-0.2, 0) is 6.54 Å². The Morgan fingerprint density at radius 3 is 2.24 bits per heavy atom. The van der Waals surface area contributed by atoms with E-state index in [0.29, 0.717) is 6.54 Å². The van der Waals surface area contributed by atoms with Crippen molar-refractivity contribution < 1.29 is 9.53 Å². The molecule has 1 atom stereocenters. The van der Waals surface area contributed by atoms with E-state index in [0.717, 1.165) is 29.0 Å². The van der Waals surface area contributed by atoms with Gasteiger partial charge in [-0.1, -0.05) is 31.2 Å². The number of benzene rings is 2. The number of methoxy groups -OCH3 is 1. The van der Waals surface area contributed by atoms with Crippen molar-refractivity contribution in [2.24, 2.45) is 0 Å². The van der Waals surface area contributed by atoms with Crippen molar-refractivity contribution in [3.05, 3.63) is 59.7 Å². The maximum atomic E-state index is 12.2. The fourth-order valence-corrected chi connectivity index (χ4v) is 2.56. The lowest BCUT2D eigenvalue weighted by Gasteiger charge is -2.18. The van der Waals surface area contributed by atoms with E-state index in [2.05, 4.69) is 17.6 Å². The Morgan fingerprint density at radius 2 is 1.72 bits per heavy atom. The van der Waals surface area contributed by atoms with Crippen LogP contribution in [0.25, 0.3) is 0 Å². The van der Waals surface area contributed by atoms with Gasteiger partial charge >= 0.3 is 6.03 Å². The Labute approximate surface area is 150 Å². The molecule has 1 unspecified atom stereocenters. The molecule has 0 aliphatic rings. The minimum absolute atomic E-state index is 0.0259. The molecule has 0 aliphatic heterocycles. The third kappa shape index (κ3) is 5.41. The number of ether oxygens (including phenoxy) is 1. The van der Waals surface area contributed by atoms with Crippen LogP contribution in [-0.4, -0.2) is 27.2 Å². The zero-order valence-corrected chi connectivity index (χ0v) is 15.4. The van der Waals surface area contributed by atoms with Crippen LogP contribution in [0.4, 0.5) is 10.5 Å². The maximum Gasteiger partial charge on any atom is 0.315 e. The Kier molecular flexibility index (Phi) is 6.69. The number of hydrogen-bond acceptors (Lipinski definition) is 3. The fraction of sp³-hybridized carbons (Fsp3) is 0.350. The van der Waals surface area contributed by atoms with Gasteiger partial charge in [-0.15, -0.1) is 0 Å². The first kappa shape index (κ1) is 18.6. The molecule has 5 nitrogen and oxygen atoms in total. The highest BCUT2D eigenvalue weighted by molar-refractivity contribution is 5.74. The van der Waals surface area contributed by atoms with Crippen molar-refractivity contribution in [1.82, 2.24) is 10.6 Å². The summed E-state index contributed by atoms with van der Waals surface area (Å²) < 4.78 is 5.17. The van der Waals surface area contributed by atoms with Gasteiger partial charge < -0.3 is 20.3 Å². The van der Waals surface area contributed by atoms with Crippen LogP contribution in [0.5, 0.6) is 5.75 Å². The lowest BCUT2D eigenvalue weighted by Crippen LogP contribution is -2.37. The number of nitrogens with zero attached hydrogens (tertiary/aromatic N) is 1. The average molecular weight is 341 g/mol. The summed E-state index contributed by atoms with van der Waals surface area (Å²) in [7, 11) is 5.65. The van der Waals surface area contributed by atoms with Gasteiger partial charge in [-0.25, -0.2) is 4.79 Å². The number of hydrogen-bond donors (Lipinski definition) is 2. The number of urea groups is 1. The quantitative estimate of drug-likeness (QED) is 0.807. The van der Waals surface area contributed by atoms with Crippen LogP contribution < -0.4 is 20.3 Å². The number of rotatable bonds is 7. The Balaban J connectivity index is 1.88. The van der Waals surface area contributed by atoms with Gasteiger partial charge in [0.1, 0.15) is 5.75 Å². The van der Waals surface area contributed by atoms with Crippen molar-refractivity contribution in [3.63, 3.8) is 0 Å². The molecule has 0 aromatic heterocycles. The molecule has 2 aromatic carbocycles. The molecule has 2 N–H and O–H groups in total. The first-order valence-corrected chi connectivity index (χ1v) is 8.48. The van der Waals surface area contributed by atoms with Gasteiger partial charge in [0.05, 0.1) is 13.2 Å². The number of amides is 2. The normalized spacial score (nSPS) is 11.5. The average Bonchev–Trinajstić information content (AvgIpc) is 2.65. The van der Waals surface area contributed by atoms with Crippen LogP contribution in [0.2, 0.25) is 0 Å². The predicted molar refractivity (Wildman–Crippen MR) is 102 cm³/mol. The van der Waals surface area contributed by atoms with Crippen LogP contribution >= 0.6 is 0 Å². The topological polar surface area (TPSA) is 53.6 Å². The van der Waals surface area contributed by atoms with E-state index >= 15 is 0 Å². The van der Waals surface area contributed by atoms with Crippen molar-refractivity contribution in [2.75, 3.05) is 26.1 Å². The highest BCUT2D eigenvalue weighted by atomic mass is 16.5. The van der Waals surface area contributed by atoms with E-state index in [1.165, 1.54) is 0 Å². The van der Waals surface area contributed by atoms with E-state index in [1.54, 1.807) is 7.11 Å². The molecule has 0 heterocycles. The first-order chi connectivity index (χ1) is 12.0. The van der Waals surface area contributed by atoms with Gasteiger partial charge in [-0.3, -0.25) is 0 Å². The Hall–Kier alpha value is -2.69. The van der Waals surface area contributed by atoms with E-state index in [4.69, 9.17) is 4.74 Å². The summed E-state index contributed by atoms with van der Waals surface area (Å²) >= 11 is 0. The predicted octanol–water partition coefficient (Wildman–Crippen LogP) is 3.71. The fourth-order valence-electron chi connectivity index (χ4n) is 2.56. The largest absolute Gasteiger partial charge is 0.497 e. The third-order valence-electron chi connectivity index (χ3n) is 4.14. The second-order valence-corrected chi connectivity index (χ2v) is 6.12. The summed E-state index contributed by atoms with van der Waals surface area (Å²) in [5.41, 5.74) is 3.27. The second kappa shape index (κ2) is 8.97. The lowest BCUT2D eigenvalue weighted by atomic mass is 10.0.